The highest BCUT2D eigenvalue weighted by Gasteiger charge is 2.09. The largest absolute Gasteiger partial charge is 0.354 e. The number of hydrogen-bond acceptors (Lipinski definition) is 2. The molecular weight excluding hydrogens is 259 g/mol. The molecule has 0 bridgehead atoms. The molecule has 0 unspecified atom stereocenters. The van der Waals surface area contributed by atoms with Crippen molar-refractivity contribution in [2.24, 2.45) is 5.73 Å². The smallest absolute Gasteiger partial charge is 0.236 e. The Balaban J connectivity index is 0.00000256. The maximum Gasteiger partial charge on any atom is 0.236 e. The number of hydrogen-bond donors (Lipinski definition) is 2. The fourth-order valence-corrected chi connectivity index (χ4v) is 1.42. The average molecular weight is 277 g/mol. The highest BCUT2D eigenvalue weighted by Crippen LogP contribution is 2.09. The second kappa shape index (κ2) is 8.34. The highest BCUT2D eigenvalue weighted by molar-refractivity contribution is 6.30. The van der Waals surface area contributed by atoms with Crippen LogP contribution in [0.1, 0.15) is 18.9 Å². The molecule has 0 aliphatic heterocycles. The van der Waals surface area contributed by atoms with Gasteiger partial charge >= 0.3 is 0 Å². The molecule has 1 aromatic carbocycles. The predicted molar refractivity (Wildman–Crippen MR) is 73.7 cm³/mol. The Kier molecular flexibility index (Phi) is 7.96. The SMILES string of the molecule is CC[C@H](N)C(=O)NCCc1ccc(Cl)cc1.Cl. The van der Waals surface area contributed by atoms with Crippen LogP contribution in [0.2, 0.25) is 5.02 Å². The van der Waals surface area contributed by atoms with Crippen LogP contribution in [0, 0.1) is 0 Å². The zero-order valence-electron chi connectivity index (χ0n) is 9.78. The second-order valence-corrected chi connectivity index (χ2v) is 4.12. The van der Waals surface area contributed by atoms with Gasteiger partial charge in [0, 0.05) is 11.6 Å². The number of nitrogens with one attached hydrogen (secondary N) is 1. The van der Waals surface area contributed by atoms with Gasteiger partial charge in [-0.05, 0) is 30.5 Å². The van der Waals surface area contributed by atoms with Crippen LogP contribution < -0.4 is 11.1 Å². The molecule has 0 saturated carbocycles. The van der Waals surface area contributed by atoms with Crippen molar-refractivity contribution in [3.05, 3.63) is 34.9 Å². The first-order valence-corrected chi connectivity index (χ1v) is 5.79. The summed E-state index contributed by atoms with van der Waals surface area (Å²) in [5, 5.41) is 3.52. The summed E-state index contributed by atoms with van der Waals surface area (Å²) >= 11 is 5.77. The van der Waals surface area contributed by atoms with Crippen LogP contribution in [0.15, 0.2) is 24.3 Å². The Hall–Kier alpha value is -0.770. The molecule has 3 nitrogen and oxygen atoms in total. The van der Waals surface area contributed by atoms with Crippen molar-refractivity contribution in [2.75, 3.05) is 6.54 Å². The summed E-state index contributed by atoms with van der Waals surface area (Å²) in [6.45, 7) is 2.50. The fraction of sp³-hybridized carbons (Fsp3) is 0.417. The van der Waals surface area contributed by atoms with E-state index in [0.29, 0.717) is 13.0 Å². The number of rotatable bonds is 5. The zero-order valence-corrected chi connectivity index (χ0v) is 11.4. The Bertz CT molecular complexity index is 341. The van der Waals surface area contributed by atoms with Crippen molar-refractivity contribution in [1.29, 1.82) is 0 Å². The van der Waals surface area contributed by atoms with Gasteiger partial charge in [0.25, 0.3) is 0 Å². The van der Waals surface area contributed by atoms with E-state index in [1.54, 1.807) is 0 Å². The van der Waals surface area contributed by atoms with Crippen molar-refractivity contribution >= 4 is 29.9 Å². The van der Waals surface area contributed by atoms with Gasteiger partial charge in [-0.15, -0.1) is 12.4 Å². The topological polar surface area (TPSA) is 55.1 Å². The summed E-state index contributed by atoms with van der Waals surface area (Å²) in [4.78, 5) is 11.4. The van der Waals surface area contributed by atoms with Crippen molar-refractivity contribution in [2.45, 2.75) is 25.8 Å². The molecular formula is C12H18Cl2N2O. The van der Waals surface area contributed by atoms with Crippen LogP contribution in [0.4, 0.5) is 0 Å². The summed E-state index contributed by atoms with van der Waals surface area (Å²) in [7, 11) is 0. The lowest BCUT2D eigenvalue weighted by molar-refractivity contribution is -0.122. The van der Waals surface area contributed by atoms with Crippen LogP contribution in [-0.2, 0) is 11.2 Å². The van der Waals surface area contributed by atoms with Crippen LogP contribution in [0.25, 0.3) is 0 Å². The van der Waals surface area contributed by atoms with Gasteiger partial charge in [-0.1, -0.05) is 30.7 Å². The Morgan fingerprint density at radius 2 is 2.00 bits per heavy atom. The van der Waals surface area contributed by atoms with Gasteiger partial charge in [-0.3, -0.25) is 4.79 Å². The molecule has 0 saturated heterocycles. The van der Waals surface area contributed by atoms with E-state index in [9.17, 15) is 4.79 Å². The van der Waals surface area contributed by atoms with Crippen molar-refractivity contribution in [3.8, 4) is 0 Å². The van der Waals surface area contributed by atoms with Crippen molar-refractivity contribution in [1.82, 2.24) is 5.32 Å². The molecule has 1 atom stereocenters. The van der Waals surface area contributed by atoms with Gasteiger partial charge in [-0.25, -0.2) is 0 Å². The molecule has 0 radical (unpaired) electrons. The molecule has 1 rings (SSSR count). The second-order valence-electron chi connectivity index (χ2n) is 3.68. The minimum atomic E-state index is -0.398. The van der Waals surface area contributed by atoms with Crippen LogP contribution in [0.3, 0.4) is 0 Å². The molecule has 5 heteroatoms. The minimum Gasteiger partial charge on any atom is -0.354 e. The van der Waals surface area contributed by atoms with Gasteiger partial charge in [-0.2, -0.15) is 0 Å². The molecule has 0 heterocycles. The van der Waals surface area contributed by atoms with E-state index >= 15 is 0 Å². The van der Waals surface area contributed by atoms with E-state index in [1.807, 2.05) is 31.2 Å². The number of amides is 1. The molecule has 1 amide bonds. The third kappa shape index (κ3) is 5.91. The molecule has 0 spiro atoms. The number of carbonyl (C=O) groups is 1. The molecule has 0 aromatic heterocycles. The summed E-state index contributed by atoms with van der Waals surface area (Å²) in [6.07, 6.45) is 1.45. The fourth-order valence-electron chi connectivity index (χ4n) is 1.30. The first kappa shape index (κ1) is 16.2. The van der Waals surface area contributed by atoms with Gasteiger partial charge in [0.15, 0.2) is 0 Å². The molecule has 0 fully saturated rings. The zero-order chi connectivity index (χ0) is 12.0. The third-order valence-corrected chi connectivity index (χ3v) is 2.65. The van der Waals surface area contributed by atoms with Gasteiger partial charge < -0.3 is 11.1 Å². The lowest BCUT2D eigenvalue weighted by atomic mass is 10.1. The quantitative estimate of drug-likeness (QED) is 0.866. The Morgan fingerprint density at radius 1 is 1.41 bits per heavy atom. The summed E-state index contributed by atoms with van der Waals surface area (Å²) in [6, 6.07) is 7.19. The molecule has 17 heavy (non-hydrogen) atoms. The Labute approximate surface area is 113 Å². The normalized spacial score (nSPS) is 11.5. The number of benzene rings is 1. The first-order valence-electron chi connectivity index (χ1n) is 5.41. The van der Waals surface area contributed by atoms with E-state index in [0.717, 1.165) is 17.0 Å². The lowest BCUT2D eigenvalue weighted by Gasteiger charge is -2.09. The molecule has 1 aromatic rings. The first-order chi connectivity index (χ1) is 7.63. The molecule has 0 aliphatic rings. The van der Waals surface area contributed by atoms with E-state index in [2.05, 4.69) is 5.32 Å². The van der Waals surface area contributed by atoms with E-state index in [-0.39, 0.29) is 18.3 Å². The van der Waals surface area contributed by atoms with Crippen molar-refractivity contribution in [3.63, 3.8) is 0 Å². The van der Waals surface area contributed by atoms with Crippen LogP contribution in [-0.4, -0.2) is 18.5 Å². The summed E-state index contributed by atoms with van der Waals surface area (Å²) < 4.78 is 0. The van der Waals surface area contributed by atoms with Crippen LogP contribution in [0.5, 0.6) is 0 Å². The number of nitrogens with two attached hydrogens (primary N) is 1. The Morgan fingerprint density at radius 3 is 2.53 bits per heavy atom. The molecule has 3 N–H and O–H groups in total. The monoisotopic (exact) mass is 276 g/mol. The molecule has 0 aliphatic carbocycles. The third-order valence-electron chi connectivity index (χ3n) is 2.40. The van der Waals surface area contributed by atoms with E-state index in [4.69, 9.17) is 17.3 Å². The van der Waals surface area contributed by atoms with E-state index < -0.39 is 6.04 Å². The maximum absolute atomic E-state index is 11.4. The van der Waals surface area contributed by atoms with Crippen LogP contribution >= 0.6 is 24.0 Å². The summed E-state index contributed by atoms with van der Waals surface area (Å²) in [5.74, 6) is -0.0866. The average Bonchev–Trinajstić information content (AvgIpc) is 2.30. The van der Waals surface area contributed by atoms with Gasteiger partial charge in [0.1, 0.15) is 0 Å². The number of halogens is 2. The summed E-state index contributed by atoms with van der Waals surface area (Å²) in [5.41, 5.74) is 6.73. The molecule has 96 valence electrons. The maximum atomic E-state index is 11.4. The number of carbonyl (C=O) groups excluding carboxylic acids is 1. The lowest BCUT2D eigenvalue weighted by Crippen LogP contribution is -2.40. The van der Waals surface area contributed by atoms with Gasteiger partial charge in [0.2, 0.25) is 5.91 Å². The van der Waals surface area contributed by atoms with Gasteiger partial charge in [0.05, 0.1) is 6.04 Å². The predicted octanol–water partition coefficient (Wildman–Crippen LogP) is 2.16. The minimum absolute atomic E-state index is 0. The van der Waals surface area contributed by atoms with Crippen molar-refractivity contribution < 1.29 is 4.79 Å². The van der Waals surface area contributed by atoms with E-state index in [1.165, 1.54) is 0 Å². The standard InChI is InChI=1S/C12H17ClN2O.ClH/c1-2-11(14)12(16)15-8-7-9-3-5-10(13)6-4-9;/h3-6,11H,2,7-8,14H2,1H3,(H,15,16);1H/t11-;/m0./s1. The highest BCUT2D eigenvalue weighted by atomic mass is 35.5.